The molecule has 182 valence electrons. The lowest BCUT2D eigenvalue weighted by atomic mass is 9.93. The number of ether oxygens (including phenoxy) is 1. The number of aliphatic hydroxyl groups is 1. The molecule has 1 aliphatic heterocycles. The quantitative estimate of drug-likeness (QED) is 0.380. The summed E-state index contributed by atoms with van der Waals surface area (Å²) < 4.78 is 5.35. The van der Waals surface area contributed by atoms with Crippen molar-refractivity contribution in [3.05, 3.63) is 76.8 Å². The normalized spacial score (nSPS) is 18.0. The highest BCUT2D eigenvalue weighted by Crippen LogP contribution is 2.35. The monoisotopic (exact) mass is 480 g/mol. The van der Waals surface area contributed by atoms with E-state index in [-0.39, 0.29) is 6.04 Å². The number of methoxy groups -OCH3 is 1. The van der Waals surface area contributed by atoms with Gasteiger partial charge in [0.15, 0.2) is 0 Å². The summed E-state index contributed by atoms with van der Waals surface area (Å²) >= 11 is 6.51. The molecule has 1 saturated heterocycles. The van der Waals surface area contributed by atoms with E-state index in [1.54, 1.807) is 7.11 Å². The second-order valence-corrected chi connectivity index (χ2v) is 9.75. The van der Waals surface area contributed by atoms with E-state index in [0.29, 0.717) is 16.8 Å². The summed E-state index contributed by atoms with van der Waals surface area (Å²) in [6.45, 7) is 8.48. The fourth-order valence-corrected chi connectivity index (χ4v) is 5.52. The number of nitrogens with zero attached hydrogens (tertiary/aromatic N) is 2. The van der Waals surface area contributed by atoms with E-state index in [4.69, 9.17) is 16.3 Å². The number of fused-ring (bicyclic) bond motifs is 1. The van der Waals surface area contributed by atoms with Crippen molar-refractivity contribution in [3.8, 4) is 5.75 Å². The lowest BCUT2D eigenvalue weighted by Crippen LogP contribution is -2.52. The van der Waals surface area contributed by atoms with Crippen LogP contribution < -0.4 is 4.74 Å². The standard InChI is InChI=1S/C29H37ClN2O2/c1-4-5-11-26(32-18-16-31(17-19-32)21(2)22-9-7-6-8-10-22)29(33)24-12-14-25-23(20-24)13-15-27(34-3)28(25)30/h6-10,12-15,20-21,26,29,33H,4-5,11,16-19H2,1-3H3/t21?,26-,29+/m1/s1. The molecule has 0 bridgehead atoms. The maximum absolute atomic E-state index is 11.5. The van der Waals surface area contributed by atoms with Gasteiger partial charge in [-0.3, -0.25) is 9.80 Å². The molecule has 1 N–H and O–H groups in total. The predicted octanol–water partition coefficient (Wildman–Crippen LogP) is 6.47. The van der Waals surface area contributed by atoms with Gasteiger partial charge in [-0.1, -0.05) is 79.9 Å². The maximum atomic E-state index is 11.5. The number of benzene rings is 3. The zero-order chi connectivity index (χ0) is 24.1. The summed E-state index contributed by atoms with van der Waals surface area (Å²) in [7, 11) is 1.63. The first-order valence-electron chi connectivity index (χ1n) is 12.5. The number of hydrogen-bond acceptors (Lipinski definition) is 4. The molecule has 0 saturated carbocycles. The highest BCUT2D eigenvalue weighted by molar-refractivity contribution is 6.37. The molecule has 1 aliphatic rings. The molecule has 0 aromatic heterocycles. The summed E-state index contributed by atoms with van der Waals surface area (Å²) in [6, 6.07) is 21.3. The molecular weight excluding hydrogens is 444 g/mol. The molecule has 0 radical (unpaired) electrons. The average molecular weight is 481 g/mol. The smallest absolute Gasteiger partial charge is 0.138 e. The molecule has 0 aliphatic carbocycles. The Bertz CT molecular complexity index is 1070. The third-order valence-electron chi connectivity index (χ3n) is 7.37. The van der Waals surface area contributed by atoms with Crippen molar-refractivity contribution in [3.63, 3.8) is 0 Å². The maximum Gasteiger partial charge on any atom is 0.138 e. The van der Waals surface area contributed by atoms with Gasteiger partial charge in [-0.05, 0) is 42.0 Å². The van der Waals surface area contributed by atoms with Crippen LogP contribution in [-0.4, -0.2) is 54.2 Å². The first-order valence-corrected chi connectivity index (χ1v) is 12.9. The Balaban J connectivity index is 1.49. The molecule has 1 unspecified atom stereocenters. The van der Waals surface area contributed by atoms with Crippen LogP contribution in [0.15, 0.2) is 60.7 Å². The topological polar surface area (TPSA) is 35.9 Å². The van der Waals surface area contributed by atoms with Crippen LogP contribution in [0.5, 0.6) is 5.75 Å². The van der Waals surface area contributed by atoms with Crippen molar-refractivity contribution >= 4 is 22.4 Å². The van der Waals surface area contributed by atoms with Gasteiger partial charge in [0.25, 0.3) is 0 Å². The summed E-state index contributed by atoms with van der Waals surface area (Å²) in [6.07, 6.45) is 2.70. The van der Waals surface area contributed by atoms with Gasteiger partial charge in [0.1, 0.15) is 5.75 Å². The summed E-state index contributed by atoms with van der Waals surface area (Å²) in [5, 5.41) is 14.1. The Hall–Kier alpha value is -2.11. The van der Waals surface area contributed by atoms with E-state index in [0.717, 1.165) is 61.8 Å². The van der Waals surface area contributed by atoms with Gasteiger partial charge in [-0.25, -0.2) is 0 Å². The lowest BCUT2D eigenvalue weighted by molar-refractivity contribution is 0.00510. The van der Waals surface area contributed by atoms with E-state index in [9.17, 15) is 5.11 Å². The van der Waals surface area contributed by atoms with Crippen LogP contribution >= 0.6 is 11.6 Å². The molecule has 0 amide bonds. The highest BCUT2D eigenvalue weighted by Gasteiger charge is 2.31. The number of piperazine rings is 1. The molecule has 4 nitrogen and oxygen atoms in total. The van der Waals surface area contributed by atoms with Crippen LogP contribution in [0.25, 0.3) is 10.8 Å². The van der Waals surface area contributed by atoms with Crippen molar-refractivity contribution < 1.29 is 9.84 Å². The van der Waals surface area contributed by atoms with Crippen molar-refractivity contribution in [2.45, 2.75) is 51.3 Å². The molecule has 4 rings (SSSR count). The molecule has 34 heavy (non-hydrogen) atoms. The van der Waals surface area contributed by atoms with Crippen LogP contribution in [0.4, 0.5) is 0 Å². The Morgan fingerprint density at radius 3 is 2.32 bits per heavy atom. The molecule has 3 aromatic carbocycles. The fourth-order valence-electron chi connectivity index (χ4n) is 5.21. The molecule has 3 aromatic rings. The fraction of sp³-hybridized carbons (Fsp3) is 0.448. The Kier molecular flexibility index (Phi) is 8.49. The minimum atomic E-state index is -0.532. The number of unbranched alkanes of at least 4 members (excludes halogenated alkanes) is 1. The Labute approximate surface area is 209 Å². The molecule has 5 heteroatoms. The SMILES string of the molecule is CCCC[C@H]([C@@H](O)c1ccc2c(Cl)c(OC)ccc2c1)N1CCN(C(C)c2ccccc2)CC1. The number of hydrogen-bond donors (Lipinski definition) is 1. The number of aliphatic hydroxyl groups excluding tert-OH is 1. The van der Waals surface area contributed by atoms with Gasteiger partial charge < -0.3 is 9.84 Å². The van der Waals surface area contributed by atoms with Crippen LogP contribution in [-0.2, 0) is 0 Å². The minimum Gasteiger partial charge on any atom is -0.495 e. The van der Waals surface area contributed by atoms with Gasteiger partial charge >= 0.3 is 0 Å². The van der Waals surface area contributed by atoms with Crippen LogP contribution in [0.2, 0.25) is 5.02 Å². The van der Waals surface area contributed by atoms with Crippen molar-refractivity contribution in [1.29, 1.82) is 0 Å². The highest BCUT2D eigenvalue weighted by atomic mass is 35.5. The number of rotatable bonds is 9. The van der Waals surface area contributed by atoms with Crippen LogP contribution in [0.3, 0.4) is 0 Å². The second kappa shape index (κ2) is 11.5. The first-order chi connectivity index (χ1) is 16.5. The van der Waals surface area contributed by atoms with Crippen molar-refractivity contribution in [2.75, 3.05) is 33.3 Å². The van der Waals surface area contributed by atoms with Crippen molar-refractivity contribution in [2.24, 2.45) is 0 Å². The van der Waals surface area contributed by atoms with E-state index < -0.39 is 6.10 Å². The molecular formula is C29H37ClN2O2. The van der Waals surface area contributed by atoms with Gasteiger partial charge in [-0.2, -0.15) is 0 Å². The van der Waals surface area contributed by atoms with Gasteiger partial charge in [-0.15, -0.1) is 0 Å². The zero-order valence-corrected chi connectivity index (χ0v) is 21.3. The van der Waals surface area contributed by atoms with Crippen LogP contribution in [0, 0.1) is 0 Å². The van der Waals surface area contributed by atoms with E-state index in [2.05, 4.69) is 60.0 Å². The van der Waals surface area contributed by atoms with Gasteiger partial charge in [0, 0.05) is 43.6 Å². The predicted molar refractivity (Wildman–Crippen MR) is 142 cm³/mol. The molecule has 3 atom stereocenters. The molecule has 1 heterocycles. The zero-order valence-electron chi connectivity index (χ0n) is 20.6. The minimum absolute atomic E-state index is 0.111. The van der Waals surface area contributed by atoms with E-state index in [1.165, 1.54) is 5.56 Å². The largest absolute Gasteiger partial charge is 0.495 e. The Morgan fingerprint density at radius 1 is 0.941 bits per heavy atom. The number of halogens is 1. The summed E-state index contributed by atoms with van der Waals surface area (Å²) in [5.74, 6) is 0.672. The Morgan fingerprint density at radius 2 is 1.65 bits per heavy atom. The van der Waals surface area contributed by atoms with E-state index >= 15 is 0 Å². The second-order valence-electron chi connectivity index (χ2n) is 9.38. The molecule has 1 fully saturated rings. The average Bonchev–Trinajstić information content (AvgIpc) is 2.89. The van der Waals surface area contributed by atoms with Gasteiger partial charge in [0.2, 0.25) is 0 Å². The lowest BCUT2D eigenvalue weighted by Gasteiger charge is -2.43. The molecule has 0 spiro atoms. The van der Waals surface area contributed by atoms with Crippen molar-refractivity contribution in [1.82, 2.24) is 9.80 Å². The summed E-state index contributed by atoms with van der Waals surface area (Å²) in [5.41, 5.74) is 2.32. The van der Waals surface area contributed by atoms with E-state index in [1.807, 2.05) is 24.3 Å². The third-order valence-corrected chi connectivity index (χ3v) is 7.76. The van der Waals surface area contributed by atoms with Crippen LogP contribution in [0.1, 0.15) is 56.4 Å². The van der Waals surface area contributed by atoms with Gasteiger partial charge in [0.05, 0.1) is 18.2 Å². The first kappa shape index (κ1) is 25.0. The third kappa shape index (κ3) is 5.41. The summed E-state index contributed by atoms with van der Waals surface area (Å²) in [4.78, 5) is 5.06.